The Balaban J connectivity index is 0.00000225. The third kappa shape index (κ3) is 4.51. The minimum atomic E-state index is -0.413. The molecule has 7 heteroatoms. The summed E-state index contributed by atoms with van der Waals surface area (Å²) in [6.07, 6.45) is 0.789. The Bertz CT molecular complexity index is 608. The lowest BCUT2D eigenvalue weighted by Gasteiger charge is -2.18. The summed E-state index contributed by atoms with van der Waals surface area (Å²) in [7, 11) is 0. The molecular formula is C18H26ClN3O3. The van der Waals surface area contributed by atoms with E-state index in [1.165, 1.54) is 5.56 Å². The van der Waals surface area contributed by atoms with Crippen molar-refractivity contribution >= 4 is 29.9 Å². The number of anilines is 1. The van der Waals surface area contributed by atoms with Crippen LogP contribution in [0.1, 0.15) is 18.9 Å². The number of β-amino-alcohol motifs (C(OH)–C–C–N with tert-alkyl or cyclic N) is 1. The van der Waals surface area contributed by atoms with Crippen molar-refractivity contribution < 1.29 is 14.7 Å². The van der Waals surface area contributed by atoms with E-state index in [1.54, 1.807) is 4.90 Å². The number of benzene rings is 1. The van der Waals surface area contributed by atoms with Crippen molar-refractivity contribution in [3.8, 4) is 0 Å². The molecule has 3 unspecified atom stereocenters. The van der Waals surface area contributed by atoms with E-state index in [-0.39, 0.29) is 42.5 Å². The van der Waals surface area contributed by atoms with Crippen molar-refractivity contribution in [2.45, 2.75) is 25.9 Å². The normalized spacial score (nSPS) is 25.8. The smallest absolute Gasteiger partial charge is 0.227 e. The van der Waals surface area contributed by atoms with E-state index in [4.69, 9.17) is 0 Å². The molecule has 0 aromatic heterocycles. The van der Waals surface area contributed by atoms with Gasteiger partial charge in [-0.25, -0.2) is 0 Å². The van der Waals surface area contributed by atoms with Crippen molar-refractivity contribution in [1.82, 2.24) is 10.6 Å². The number of carbonyl (C=O) groups is 2. The van der Waals surface area contributed by atoms with Crippen LogP contribution in [0.2, 0.25) is 0 Å². The summed E-state index contributed by atoms with van der Waals surface area (Å²) >= 11 is 0. The molecule has 3 atom stereocenters. The number of nitrogens with zero attached hydrogens (tertiary/aromatic N) is 1. The third-order valence-corrected chi connectivity index (χ3v) is 4.99. The largest absolute Gasteiger partial charge is 0.391 e. The number of aliphatic hydroxyl groups is 1. The SMILES string of the molecule is CCc1ccc(N2CC(C(=O)NCC3CNCC3O)CC2=O)cc1.Cl. The van der Waals surface area contributed by atoms with Crippen LogP contribution in [0.15, 0.2) is 24.3 Å². The lowest BCUT2D eigenvalue weighted by atomic mass is 10.0. The van der Waals surface area contributed by atoms with Crippen LogP contribution in [0.4, 0.5) is 5.69 Å². The van der Waals surface area contributed by atoms with Crippen LogP contribution in [0, 0.1) is 11.8 Å². The molecule has 0 radical (unpaired) electrons. The molecule has 0 spiro atoms. The maximum atomic E-state index is 12.3. The molecule has 0 bridgehead atoms. The summed E-state index contributed by atoms with van der Waals surface area (Å²) in [5.41, 5.74) is 2.08. The zero-order valence-corrected chi connectivity index (χ0v) is 15.2. The molecule has 138 valence electrons. The average Bonchev–Trinajstić information content (AvgIpc) is 3.18. The molecule has 0 aliphatic carbocycles. The number of aryl methyl sites for hydroxylation is 1. The zero-order chi connectivity index (χ0) is 17.1. The second-order valence-electron chi connectivity index (χ2n) is 6.66. The van der Waals surface area contributed by atoms with Crippen LogP contribution >= 0.6 is 12.4 Å². The minimum absolute atomic E-state index is 0. The number of amides is 2. The first-order valence-electron chi connectivity index (χ1n) is 8.64. The minimum Gasteiger partial charge on any atom is -0.391 e. The van der Waals surface area contributed by atoms with Gasteiger partial charge in [0.15, 0.2) is 0 Å². The van der Waals surface area contributed by atoms with Gasteiger partial charge < -0.3 is 20.6 Å². The van der Waals surface area contributed by atoms with Crippen LogP contribution < -0.4 is 15.5 Å². The lowest BCUT2D eigenvalue weighted by molar-refractivity contribution is -0.126. The first-order valence-corrected chi connectivity index (χ1v) is 8.64. The number of hydrogen-bond acceptors (Lipinski definition) is 4. The first-order chi connectivity index (χ1) is 11.6. The maximum absolute atomic E-state index is 12.3. The van der Waals surface area contributed by atoms with E-state index in [9.17, 15) is 14.7 Å². The fraction of sp³-hybridized carbons (Fsp3) is 0.556. The van der Waals surface area contributed by atoms with Gasteiger partial charge in [0.25, 0.3) is 0 Å². The molecule has 3 rings (SSSR count). The molecule has 2 heterocycles. The lowest BCUT2D eigenvalue weighted by Crippen LogP contribution is -2.38. The summed E-state index contributed by atoms with van der Waals surface area (Å²) in [6, 6.07) is 7.92. The highest BCUT2D eigenvalue weighted by molar-refractivity contribution is 6.00. The van der Waals surface area contributed by atoms with Crippen LogP contribution in [-0.4, -0.2) is 49.2 Å². The predicted octanol–water partition coefficient (Wildman–Crippen LogP) is 0.720. The molecular weight excluding hydrogens is 342 g/mol. The Morgan fingerprint density at radius 3 is 2.64 bits per heavy atom. The van der Waals surface area contributed by atoms with Gasteiger partial charge in [-0.05, 0) is 24.1 Å². The van der Waals surface area contributed by atoms with Crippen molar-refractivity contribution in [3.63, 3.8) is 0 Å². The molecule has 3 N–H and O–H groups in total. The summed E-state index contributed by atoms with van der Waals surface area (Å²) in [5.74, 6) is -0.393. The van der Waals surface area contributed by atoms with E-state index < -0.39 is 6.10 Å². The second kappa shape index (κ2) is 8.65. The Morgan fingerprint density at radius 2 is 2.04 bits per heavy atom. The molecule has 1 aromatic rings. The standard InChI is InChI=1S/C18H25N3O3.ClH/c1-2-12-3-5-15(6-4-12)21-11-13(7-17(21)23)18(24)20-9-14-8-19-10-16(14)22;/h3-6,13-14,16,19,22H,2,7-11H2,1H3,(H,20,24);1H. The maximum Gasteiger partial charge on any atom is 0.227 e. The third-order valence-electron chi connectivity index (χ3n) is 4.99. The van der Waals surface area contributed by atoms with E-state index in [2.05, 4.69) is 17.6 Å². The Morgan fingerprint density at radius 1 is 1.32 bits per heavy atom. The first kappa shape index (κ1) is 19.7. The van der Waals surface area contributed by atoms with Crippen molar-refractivity contribution in [1.29, 1.82) is 0 Å². The highest BCUT2D eigenvalue weighted by Gasteiger charge is 2.35. The fourth-order valence-electron chi connectivity index (χ4n) is 3.35. The fourth-order valence-corrected chi connectivity index (χ4v) is 3.35. The topological polar surface area (TPSA) is 81.7 Å². The summed E-state index contributed by atoms with van der Waals surface area (Å²) in [6.45, 7) is 4.24. The second-order valence-corrected chi connectivity index (χ2v) is 6.66. The van der Waals surface area contributed by atoms with Gasteiger partial charge in [0.2, 0.25) is 11.8 Å². The van der Waals surface area contributed by atoms with Crippen molar-refractivity contribution in [3.05, 3.63) is 29.8 Å². The van der Waals surface area contributed by atoms with E-state index in [1.807, 2.05) is 24.3 Å². The molecule has 6 nitrogen and oxygen atoms in total. The highest BCUT2D eigenvalue weighted by Crippen LogP contribution is 2.25. The van der Waals surface area contributed by atoms with Crippen LogP contribution in [-0.2, 0) is 16.0 Å². The molecule has 2 amide bonds. The summed E-state index contributed by atoms with van der Waals surface area (Å²) in [4.78, 5) is 26.3. The van der Waals surface area contributed by atoms with E-state index in [0.29, 0.717) is 26.2 Å². The summed E-state index contributed by atoms with van der Waals surface area (Å²) in [5, 5.41) is 15.8. The van der Waals surface area contributed by atoms with Crippen molar-refractivity contribution in [2.24, 2.45) is 11.8 Å². The van der Waals surface area contributed by atoms with Crippen molar-refractivity contribution in [2.75, 3.05) is 31.1 Å². The molecule has 2 aliphatic heterocycles. The molecule has 2 fully saturated rings. The molecule has 2 saturated heterocycles. The predicted molar refractivity (Wildman–Crippen MR) is 98.9 cm³/mol. The van der Waals surface area contributed by atoms with E-state index in [0.717, 1.165) is 12.1 Å². The molecule has 1 aromatic carbocycles. The molecule has 25 heavy (non-hydrogen) atoms. The van der Waals surface area contributed by atoms with Gasteiger partial charge in [0.05, 0.1) is 12.0 Å². The quantitative estimate of drug-likeness (QED) is 0.716. The van der Waals surface area contributed by atoms with Crippen LogP contribution in [0.25, 0.3) is 0 Å². The van der Waals surface area contributed by atoms with Gasteiger partial charge in [-0.1, -0.05) is 19.1 Å². The van der Waals surface area contributed by atoms with Gasteiger partial charge in [0.1, 0.15) is 0 Å². The van der Waals surface area contributed by atoms with Crippen LogP contribution in [0.3, 0.4) is 0 Å². The number of carbonyl (C=O) groups excluding carboxylic acids is 2. The van der Waals surface area contributed by atoms with Gasteiger partial charge in [-0.15, -0.1) is 12.4 Å². The number of halogens is 1. The Hall–Kier alpha value is -1.63. The monoisotopic (exact) mass is 367 g/mol. The molecule has 2 aliphatic rings. The van der Waals surface area contributed by atoms with E-state index >= 15 is 0 Å². The average molecular weight is 368 g/mol. The summed E-state index contributed by atoms with van der Waals surface area (Å²) < 4.78 is 0. The van der Waals surface area contributed by atoms with Gasteiger partial charge in [0, 0.05) is 44.2 Å². The van der Waals surface area contributed by atoms with Gasteiger partial charge in [-0.3, -0.25) is 9.59 Å². The van der Waals surface area contributed by atoms with Gasteiger partial charge in [-0.2, -0.15) is 0 Å². The number of rotatable bonds is 5. The Labute approximate surface area is 154 Å². The number of aliphatic hydroxyl groups excluding tert-OH is 1. The number of hydrogen-bond donors (Lipinski definition) is 3. The zero-order valence-electron chi connectivity index (χ0n) is 14.4. The Kier molecular flexibility index (Phi) is 6.81. The highest BCUT2D eigenvalue weighted by atomic mass is 35.5. The number of nitrogens with one attached hydrogen (secondary N) is 2. The van der Waals surface area contributed by atoms with Crippen LogP contribution in [0.5, 0.6) is 0 Å². The molecule has 0 saturated carbocycles. The van der Waals surface area contributed by atoms with Gasteiger partial charge >= 0.3 is 0 Å².